The zero-order valence-corrected chi connectivity index (χ0v) is 12.1. The molecule has 0 radical (unpaired) electrons. The number of amides is 1. The van der Waals surface area contributed by atoms with Crippen LogP contribution in [0.2, 0.25) is 0 Å². The molecule has 0 unspecified atom stereocenters. The Hall–Kier alpha value is -2.56. The van der Waals surface area contributed by atoms with E-state index in [0.717, 1.165) is 11.3 Å². The number of methoxy groups -OCH3 is 2. The second-order valence-electron chi connectivity index (χ2n) is 4.45. The van der Waals surface area contributed by atoms with Crippen molar-refractivity contribution in [3.63, 3.8) is 0 Å². The lowest BCUT2D eigenvalue weighted by molar-refractivity contribution is -0.120. The fraction of sp³-hybridized carbons (Fsp3) is 0.250. The average Bonchev–Trinajstić information content (AvgIpc) is 2.54. The third kappa shape index (κ3) is 4.21. The summed E-state index contributed by atoms with van der Waals surface area (Å²) in [7, 11) is 3.17. The van der Waals surface area contributed by atoms with Crippen molar-refractivity contribution in [3.8, 4) is 11.5 Å². The molecular formula is C16H18N2O3. The number of carbonyl (C=O) groups is 1. The van der Waals surface area contributed by atoms with Gasteiger partial charge in [-0.2, -0.15) is 0 Å². The Morgan fingerprint density at radius 2 is 2.05 bits per heavy atom. The number of nitrogens with one attached hydrogen (secondary N) is 1. The SMILES string of the molecule is COc1ccc(OC)c(CC(=O)NCc2ccccn2)c1. The number of rotatable bonds is 6. The van der Waals surface area contributed by atoms with Crippen molar-refractivity contribution in [1.29, 1.82) is 0 Å². The zero-order valence-electron chi connectivity index (χ0n) is 12.1. The molecule has 1 heterocycles. The standard InChI is InChI=1S/C16H18N2O3/c1-20-14-6-7-15(21-2)12(9-14)10-16(19)18-11-13-5-3-4-8-17-13/h3-9H,10-11H2,1-2H3,(H,18,19). The minimum Gasteiger partial charge on any atom is -0.497 e. The molecule has 0 bridgehead atoms. The van der Waals surface area contributed by atoms with Crippen molar-refractivity contribution in [2.75, 3.05) is 14.2 Å². The molecule has 0 saturated carbocycles. The number of hydrogen-bond acceptors (Lipinski definition) is 4. The van der Waals surface area contributed by atoms with Crippen LogP contribution in [0, 0.1) is 0 Å². The van der Waals surface area contributed by atoms with Crippen LogP contribution < -0.4 is 14.8 Å². The van der Waals surface area contributed by atoms with Crippen molar-refractivity contribution in [2.45, 2.75) is 13.0 Å². The summed E-state index contributed by atoms with van der Waals surface area (Å²) in [5, 5.41) is 2.84. The molecule has 0 spiro atoms. The highest BCUT2D eigenvalue weighted by Gasteiger charge is 2.10. The summed E-state index contributed by atoms with van der Waals surface area (Å²) >= 11 is 0. The van der Waals surface area contributed by atoms with E-state index in [1.165, 1.54) is 0 Å². The van der Waals surface area contributed by atoms with Gasteiger partial charge in [0.2, 0.25) is 5.91 Å². The molecule has 110 valence electrons. The molecule has 0 aliphatic carbocycles. The lowest BCUT2D eigenvalue weighted by Gasteiger charge is -2.10. The van der Waals surface area contributed by atoms with E-state index in [4.69, 9.17) is 9.47 Å². The van der Waals surface area contributed by atoms with Crippen molar-refractivity contribution in [3.05, 3.63) is 53.9 Å². The molecule has 2 aromatic rings. The number of benzene rings is 1. The fourth-order valence-electron chi connectivity index (χ4n) is 1.95. The third-order valence-electron chi connectivity index (χ3n) is 3.03. The summed E-state index contributed by atoms with van der Waals surface area (Å²) in [6.45, 7) is 0.409. The molecule has 5 heteroatoms. The van der Waals surface area contributed by atoms with Crippen LogP contribution in [-0.4, -0.2) is 25.1 Å². The second-order valence-corrected chi connectivity index (χ2v) is 4.45. The molecular weight excluding hydrogens is 268 g/mol. The Labute approximate surface area is 123 Å². The molecule has 0 aliphatic heterocycles. The third-order valence-corrected chi connectivity index (χ3v) is 3.03. The van der Waals surface area contributed by atoms with Crippen molar-refractivity contribution in [1.82, 2.24) is 10.3 Å². The smallest absolute Gasteiger partial charge is 0.224 e. The Bertz CT molecular complexity index is 600. The number of pyridine rings is 1. The molecule has 0 atom stereocenters. The molecule has 0 saturated heterocycles. The topological polar surface area (TPSA) is 60.5 Å². The van der Waals surface area contributed by atoms with E-state index in [1.54, 1.807) is 38.6 Å². The lowest BCUT2D eigenvalue weighted by Crippen LogP contribution is -2.25. The number of hydrogen-bond donors (Lipinski definition) is 1. The van der Waals surface area contributed by atoms with Crippen LogP contribution in [-0.2, 0) is 17.8 Å². The van der Waals surface area contributed by atoms with Gasteiger partial charge in [-0.05, 0) is 30.3 Å². The summed E-state index contributed by atoms with van der Waals surface area (Å²) in [5.41, 5.74) is 1.61. The molecule has 5 nitrogen and oxygen atoms in total. The first-order chi connectivity index (χ1) is 10.2. The molecule has 2 rings (SSSR count). The van der Waals surface area contributed by atoms with Gasteiger partial charge in [0.05, 0.1) is 32.9 Å². The van der Waals surface area contributed by atoms with Gasteiger partial charge >= 0.3 is 0 Å². The van der Waals surface area contributed by atoms with Crippen LogP contribution in [0.4, 0.5) is 0 Å². The predicted octanol–water partition coefficient (Wildman–Crippen LogP) is 1.96. The largest absolute Gasteiger partial charge is 0.497 e. The van der Waals surface area contributed by atoms with E-state index in [9.17, 15) is 4.79 Å². The van der Waals surface area contributed by atoms with Crippen LogP contribution in [0.3, 0.4) is 0 Å². The first kappa shape index (κ1) is 14.8. The summed E-state index contributed by atoms with van der Waals surface area (Å²) < 4.78 is 10.4. The molecule has 1 amide bonds. The maximum Gasteiger partial charge on any atom is 0.224 e. The van der Waals surface area contributed by atoms with Crippen LogP contribution in [0.1, 0.15) is 11.3 Å². The van der Waals surface area contributed by atoms with Gasteiger partial charge in [-0.25, -0.2) is 0 Å². The van der Waals surface area contributed by atoms with Gasteiger partial charge in [0, 0.05) is 11.8 Å². The highest BCUT2D eigenvalue weighted by Crippen LogP contribution is 2.24. The van der Waals surface area contributed by atoms with Gasteiger partial charge in [0.15, 0.2) is 0 Å². The van der Waals surface area contributed by atoms with Crippen molar-refractivity contribution in [2.24, 2.45) is 0 Å². The van der Waals surface area contributed by atoms with Gasteiger partial charge in [-0.15, -0.1) is 0 Å². The van der Waals surface area contributed by atoms with Crippen LogP contribution in [0.5, 0.6) is 11.5 Å². The normalized spacial score (nSPS) is 10.0. The van der Waals surface area contributed by atoms with Crippen LogP contribution in [0.15, 0.2) is 42.6 Å². The number of nitrogens with zero attached hydrogens (tertiary/aromatic N) is 1. The predicted molar refractivity (Wildman–Crippen MR) is 79.3 cm³/mol. The molecule has 21 heavy (non-hydrogen) atoms. The summed E-state index contributed by atoms with van der Waals surface area (Å²) in [5.74, 6) is 1.28. The van der Waals surface area contributed by atoms with Gasteiger partial charge in [0.25, 0.3) is 0 Å². The fourth-order valence-corrected chi connectivity index (χ4v) is 1.95. The van der Waals surface area contributed by atoms with E-state index >= 15 is 0 Å². The van der Waals surface area contributed by atoms with E-state index in [-0.39, 0.29) is 12.3 Å². The average molecular weight is 286 g/mol. The maximum atomic E-state index is 12.0. The second kappa shape index (κ2) is 7.28. The van der Waals surface area contributed by atoms with E-state index < -0.39 is 0 Å². The quantitative estimate of drug-likeness (QED) is 0.882. The van der Waals surface area contributed by atoms with Crippen molar-refractivity contribution >= 4 is 5.91 Å². The van der Waals surface area contributed by atoms with Gasteiger partial charge < -0.3 is 14.8 Å². The number of carbonyl (C=O) groups excluding carboxylic acids is 1. The monoisotopic (exact) mass is 286 g/mol. The van der Waals surface area contributed by atoms with Gasteiger partial charge in [-0.3, -0.25) is 9.78 Å². The highest BCUT2D eigenvalue weighted by atomic mass is 16.5. The summed E-state index contributed by atoms with van der Waals surface area (Å²) in [6.07, 6.45) is 1.93. The molecule has 0 fully saturated rings. The maximum absolute atomic E-state index is 12.0. The van der Waals surface area contributed by atoms with Crippen molar-refractivity contribution < 1.29 is 14.3 Å². The molecule has 1 aromatic heterocycles. The Morgan fingerprint density at radius 3 is 2.71 bits per heavy atom. The molecule has 0 aliphatic rings. The van der Waals surface area contributed by atoms with E-state index in [2.05, 4.69) is 10.3 Å². The Kier molecular flexibility index (Phi) is 5.15. The highest BCUT2D eigenvalue weighted by molar-refractivity contribution is 5.79. The van der Waals surface area contributed by atoms with E-state index in [1.807, 2.05) is 18.2 Å². The first-order valence-corrected chi connectivity index (χ1v) is 6.60. The van der Waals surface area contributed by atoms with E-state index in [0.29, 0.717) is 18.0 Å². The van der Waals surface area contributed by atoms with Crippen LogP contribution in [0.25, 0.3) is 0 Å². The molecule has 1 N–H and O–H groups in total. The summed E-state index contributed by atoms with van der Waals surface area (Å²) in [6, 6.07) is 11.0. The minimum atomic E-state index is -0.0905. The summed E-state index contributed by atoms with van der Waals surface area (Å²) in [4.78, 5) is 16.2. The van der Waals surface area contributed by atoms with Crippen LogP contribution >= 0.6 is 0 Å². The number of aromatic nitrogens is 1. The van der Waals surface area contributed by atoms with Gasteiger partial charge in [-0.1, -0.05) is 6.07 Å². The minimum absolute atomic E-state index is 0.0905. The Morgan fingerprint density at radius 1 is 1.19 bits per heavy atom. The Balaban J connectivity index is 1.99. The lowest BCUT2D eigenvalue weighted by atomic mass is 10.1. The molecule has 1 aromatic carbocycles. The number of ether oxygens (including phenoxy) is 2. The first-order valence-electron chi connectivity index (χ1n) is 6.60. The van der Waals surface area contributed by atoms with Gasteiger partial charge in [0.1, 0.15) is 11.5 Å². The zero-order chi connectivity index (χ0) is 15.1.